The van der Waals surface area contributed by atoms with Crippen molar-refractivity contribution in [1.82, 2.24) is 5.32 Å². The van der Waals surface area contributed by atoms with Crippen molar-refractivity contribution >= 4 is 47.1 Å². The van der Waals surface area contributed by atoms with E-state index in [1.165, 1.54) is 7.11 Å². The number of nitrogens with one attached hydrogen (secondary N) is 1. The van der Waals surface area contributed by atoms with Crippen molar-refractivity contribution in [3.8, 4) is 0 Å². The molecule has 0 spiro atoms. The standard InChI is InChI=1S/C8H15N5OS2.Cu/c1-5(10-12-7(15)9-3)6(2)11-13-8(16)14-4;/h1-4H3,(H,13,16)(H2,9,12,15);/q;+2/p-2. The van der Waals surface area contributed by atoms with Crippen molar-refractivity contribution in [2.45, 2.75) is 13.8 Å². The third kappa shape index (κ3) is 8.99. The molecule has 0 aromatic rings. The first kappa shape index (κ1) is 18.6. The van der Waals surface area contributed by atoms with Crippen LogP contribution in [0.15, 0.2) is 20.4 Å². The normalized spacial score (nSPS) is 14.1. The molecule has 99 valence electrons. The predicted molar refractivity (Wildman–Crippen MR) is 71.9 cm³/mol. The number of ether oxygens (including phenoxy) is 1. The second kappa shape index (κ2) is 10.4. The maximum absolute atomic E-state index is 4.80. The summed E-state index contributed by atoms with van der Waals surface area (Å²) < 4.78 is 4.66. The summed E-state index contributed by atoms with van der Waals surface area (Å²) in [7, 11) is 3.10. The molecule has 0 rings (SSSR count). The zero-order chi connectivity index (χ0) is 12.6. The molecule has 0 unspecified atom stereocenters. The molecule has 0 heterocycles. The summed E-state index contributed by atoms with van der Waals surface area (Å²) in [6.45, 7) is 3.48. The second-order valence-corrected chi connectivity index (χ2v) is 3.33. The van der Waals surface area contributed by atoms with Crippen LogP contribution in [0, 0.1) is 0 Å². The SMILES string of the molecule is CNC([S-])=NN=C(C)C(C)=NN=C([S-])OC.[Cu+2]. The Balaban J connectivity index is 0. The van der Waals surface area contributed by atoms with E-state index in [-0.39, 0.29) is 22.3 Å². The van der Waals surface area contributed by atoms with Gasteiger partial charge < -0.3 is 35.3 Å². The molecule has 0 saturated carbocycles. The fourth-order valence-corrected chi connectivity index (χ4v) is 0.553. The molecule has 9 heteroatoms. The Morgan fingerprint density at radius 3 is 1.88 bits per heavy atom. The van der Waals surface area contributed by atoms with Gasteiger partial charge in [0.15, 0.2) is 0 Å². The van der Waals surface area contributed by atoms with Crippen LogP contribution < -0.4 is 5.32 Å². The first-order chi connectivity index (χ1) is 7.51. The first-order valence-electron chi connectivity index (χ1n) is 4.32. The van der Waals surface area contributed by atoms with Crippen LogP contribution in [0.5, 0.6) is 0 Å². The minimum atomic E-state index is 0. The predicted octanol–water partition coefficient (Wildman–Crippen LogP) is 0.407. The number of hydrogen-bond acceptors (Lipinski definition) is 7. The summed E-state index contributed by atoms with van der Waals surface area (Å²) in [6.07, 6.45) is 0. The summed E-state index contributed by atoms with van der Waals surface area (Å²) in [6, 6.07) is 0. The molecule has 17 heavy (non-hydrogen) atoms. The van der Waals surface area contributed by atoms with E-state index in [9.17, 15) is 0 Å². The van der Waals surface area contributed by atoms with Gasteiger partial charge >= 0.3 is 17.1 Å². The molecule has 0 aliphatic heterocycles. The van der Waals surface area contributed by atoms with E-state index >= 15 is 0 Å². The average molecular weight is 323 g/mol. The maximum Gasteiger partial charge on any atom is 2.00 e. The van der Waals surface area contributed by atoms with E-state index in [1.807, 2.05) is 0 Å². The summed E-state index contributed by atoms with van der Waals surface area (Å²) in [4.78, 5) is 0. The molecule has 0 atom stereocenters. The van der Waals surface area contributed by atoms with E-state index < -0.39 is 0 Å². The second-order valence-electron chi connectivity index (χ2n) is 2.60. The molecule has 6 nitrogen and oxygen atoms in total. The van der Waals surface area contributed by atoms with Crippen LogP contribution in [0.1, 0.15) is 13.8 Å². The van der Waals surface area contributed by atoms with Crippen LogP contribution in [0.2, 0.25) is 0 Å². The van der Waals surface area contributed by atoms with Crippen LogP contribution in [0.3, 0.4) is 0 Å². The van der Waals surface area contributed by atoms with Crippen molar-refractivity contribution in [1.29, 1.82) is 0 Å². The van der Waals surface area contributed by atoms with Crippen LogP contribution in [-0.2, 0) is 47.1 Å². The Morgan fingerprint density at radius 1 is 1.00 bits per heavy atom. The van der Waals surface area contributed by atoms with Gasteiger partial charge in [-0.1, -0.05) is 0 Å². The monoisotopic (exact) mass is 322 g/mol. The topological polar surface area (TPSA) is 70.7 Å². The molecule has 0 amide bonds. The Morgan fingerprint density at radius 2 is 1.47 bits per heavy atom. The fourth-order valence-electron chi connectivity index (χ4n) is 0.472. The van der Waals surface area contributed by atoms with E-state index in [1.54, 1.807) is 20.9 Å². The third-order valence-electron chi connectivity index (χ3n) is 1.48. The number of rotatable bonds is 3. The smallest absolute Gasteiger partial charge is 0.741 e. The fraction of sp³-hybridized carbons (Fsp3) is 0.500. The Bertz CT molecular complexity index is 320. The molecular weight excluding hydrogens is 310 g/mol. The van der Waals surface area contributed by atoms with E-state index in [0.29, 0.717) is 16.6 Å². The third-order valence-corrected chi connectivity index (χ3v) is 2.02. The number of methoxy groups -OCH3 is 1. The molecule has 0 aliphatic rings. The molecule has 0 saturated heterocycles. The van der Waals surface area contributed by atoms with Gasteiger partial charge in [0.2, 0.25) is 0 Å². The number of nitrogens with zero attached hydrogens (tertiary/aromatic N) is 4. The molecule has 0 bridgehead atoms. The van der Waals surface area contributed by atoms with Crippen LogP contribution >= 0.6 is 0 Å². The molecule has 1 radical (unpaired) electrons. The van der Waals surface area contributed by atoms with Gasteiger partial charge in [0.05, 0.1) is 23.8 Å². The maximum atomic E-state index is 4.80. The van der Waals surface area contributed by atoms with Crippen molar-refractivity contribution in [3.05, 3.63) is 0 Å². The molecule has 0 fully saturated rings. The molecule has 1 N–H and O–H groups in total. The van der Waals surface area contributed by atoms with Gasteiger partial charge in [0.1, 0.15) is 0 Å². The summed E-state index contributed by atoms with van der Waals surface area (Å²) in [5.74, 6) is 0. The van der Waals surface area contributed by atoms with Gasteiger partial charge in [-0.2, -0.15) is 15.3 Å². The zero-order valence-corrected chi connectivity index (χ0v) is 12.4. The van der Waals surface area contributed by atoms with Crippen LogP contribution in [-0.4, -0.2) is 36.0 Å². The van der Waals surface area contributed by atoms with Crippen molar-refractivity contribution in [2.24, 2.45) is 20.4 Å². The van der Waals surface area contributed by atoms with Crippen molar-refractivity contribution in [2.75, 3.05) is 14.2 Å². The number of hydrogen-bond donors (Lipinski definition) is 1. The first-order valence-corrected chi connectivity index (χ1v) is 5.13. The molecule has 0 aliphatic carbocycles. The van der Waals surface area contributed by atoms with E-state index in [2.05, 4.69) is 30.5 Å². The average Bonchev–Trinajstić information content (AvgIpc) is 2.31. The van der Waals surface area contributed by atoms with E-state index in [4.69, 9.17) is 25.3 Å². The van der Waals surface area contributed by atoms with Gasteiger partial charge in [-0.15, -0.1) is 5.10 Å². The Kier molecular flexibility index (Phi) is 11.4. The van der Waals surface area contributed by atoms with Gasteiger partial charge in [-0.3, -0.25) is 0 Å². The van der Waals surface area contributed by atoms with Gasteiger partial charge in [-0.05, 0) is 19.0 Å². The molecular formula is C8H13CuN5OS2. The number of amidine groups is 1. The van der Waals surface area contributed by atoms with Gasteiger partial charge in [0, 0.05) is 7.05 Å². The minimum absolute atomic E-state index is 0. The Labute approximate surface area is 122 Å². The van der Waals surface area contributed by atoms with E-state index in [0.717, 1.165) is 0 Å². The van der Waals surface area contributed by atoms with Crippen LogP contribution in [0.4, 0.5) is 0 Å². The quantitative estimate of drug-likeness (QED) is 0.268. The minimum Gasteiger partial charge on any atom is -0.741 e. The Hall–Kier alpha value is -0.761. The van der Waals surface area contributed by atoms with Crippen molar-refractivity contribution in [3.63, 3.8) is 0 Å². The molecule has 0 aromatic carbocycles. The summed E-state index contributed by atoms with van der Waals surface area (Å²) in [5, 5.41) is 18.1. The van der Waals surface area contributed by atoms with Gasteiger partial charge in [-0.25, -0.2) is 0 Å². The van der Waals surface area contributed by atoms with Crippen LogP contribution in [0.25, 0.3) is 0 Å². The summed E-state index contributed by atoms with van der Waals surface area (Å²) in [5.41, 5.74) is 1.18. The molecule has 0 aromatic heterocycles. The summed E-state index contributed by atoms with van der Waals surface area (Å²) >= 11 is 9.49. The zero-order valence-electron chi connectivity index (χ0n) is 9.82. The van der Waals surface area contributed by atoms with Crippen molar-refractivity contribution < 1.29 is 21.8 Å². The largest absolute Gasteiger partial charge is 2.00 e. The van der Waals surface area contributed by atoms with Gasteiger partial charge in [0.25, 0.3) is 0 Å².